The fraction of sp³-hybridized carbons (Fsp3) is 0.409. The second-order valence-corrected chi connectivity index (χ2v) is 7.19. The number of nitrogens with zero attached hydrogens (tertiary/aromatic N) is 2. The van der Waals surface area contributed by atoms with E-state index in [2.05, 4.69) is 39.6 Å². The van der Waals surface area contributed by atoms with E-state index in [-0.39, 0.29) is 6.03 Å². The maximum atomic E-state index is 12.0. The van der Waals surface area contributed by atoms with Gasteiger partial charge in [-0.3, -0.25) is 0 Å². The van der Waals surface area contributed by atoms with Gasteiger partial charge in [0.15, 0.2) is 0 Å². The van der Waals surface area contributed by atoms with Gasteiger partial charge in [-0.25, -0.2) is 4.79 Å². The Morgan fingerprint density at radius 2 is 1.75 bits per heavy atom. The van der Waals surface area contributed by atoms with E-state index in [0.29, 0.717) is 13.2 Å². The molecule has 0 aliphatic carbocycles. The van der Waals surface area contributed by atoms with Crippen molar-refractivity contribution in [1.29, 1.82) is 0 Å². The molecule has 6 heteroatoms. The molecule has 0 spiro atoms. The zero-order chi connectivity index (χ0) is 19.8. The van der Waals surface area contributed by atoms with Gasteiger partial charge in [0.05, 0.1) is 6.61 Å². The van der Waals surface area contributed by atoms with E-state index in [4.69, 9.17) is 4.74 Å². The Morgan fingerprint density at radius 3 is 2.46 bits per heavy atom. The van der Waals surface area contributed by atoms with Crippen LogP contribution in [0.5, 0.6) is 5.75 Å². The van der Waals surface area contributed by atoms with Gasteiger partial charge in [-0.1, -0.05) is 18.2 Å². The number of hydrogen-bond donors (Lipinski definition) is 2. The van der Waals surface area contributed by atoms with Crippen LogP contribution < -0.4 is 20.3 Å². The number of anilines is 2. The molecule has 2 aromatic rings. The van der Waals surface area contributed by atoms with E-state index >= 15 is 0 Å². The topological polar surface area (TPSA) is 56.8 Å². The van der Waals surface area contributed by atoms with E-state index in [1.54, 1.807) is 0 Å². The minimum atomic E-state index is -0.191. The molecule has 0 bridgehead atoms. The van der Waals surface area contributed by atoms with Crippen molar-refractivity contribution >= 4 is 17.4 Å². The van der Waals surface area contributed by atoms with Gasteiger partial charge in [0, 0.05) is 44.1 Å². The second kappa shape index (κ2) is 9.99. The first-order valence-corrected chi connectivity index (χ1v) is 9.88. The molecule has 28 heavy (non-hydrogen) atoms. The van der Waals surface area contributed by atoms with Gasteiger partial charge in [0.25, 0.3) is 0 Å². The van der Waals surface area contributed by atoms with Crippen LogP contribution in [0.2, 0.25) is 0 Å². The SMILES string of the molecule is Cc1ccccc1OCCCNC(=O)Nc1ccc(N2CCN(C)CC2)cc1. The Balaban J connectivity index is 1.35. The smallest absolute Gasteiger partial charge is 0.319 e. The fourth-order valence-corrected chi connectivity index (χ4v) is 3.17. The maximum absolute atomic E-state index is 12.0. The molecular weight excluding hydrogens is 352 g/mol. The average Bonchev–Trinajstić information content (AvgIpc) is 2.70. The van der Waals surface area contributed by atoms with Crippen molar-refractivity contribution in [2.45, 2.75) is 13.3 Å². The van der Waals surface area contributed by atoms with Crippen LogP contribution in [0.25, 0.3) is 0 Å². The van der Waals surface area contributed by atoms with Gasteiger partial charge in [-0.15, -0.1) is 0 Å². The van der Waals surface area contributed by atoms with Gasteiger partial charge in [-0.2, -0.15) is 0 Å². The Morgan fingerprint density at radius 1 is 1.04 bits per heavy atom. The van der Waals surface area contributed by atoms with Gasteiger partial charge < -0.3 is 25.2 Å². The number of para-hydroxylation sites is 1. The second-order valence-electron chi connectivity index (χ2n) is 7.19. The van der Waals surface area contributed by atoms with Crippen LogP contribution in [0.1, 0.15) is 12.0 Å². The van der Waals surface area contributed by atoms with Gasteiger partial charge >= 0.3 is 6.03 Å². The van der Waals surface area contributed by atoms with Crippen molar-refractivity contribution < 1.29 is 9.53 Å². The molecule has 1 aliphatic rings. The molecule has 0 aromatic heterocycles. The van der Waals surface area contributed by atoms with Crippen molar-refractivity contribution in [3.8, 4) is 5.75 Å². The molecule has 2 aromatic carbocycles. The van der Waals surface area contributed by atoms with E-state index in [9.17, 15) is 4.79 Å². The molecule has 1 aliphatic heterocycles. The summed E-state index contributed by atoms with van der Waals surface area (Å²) in [6.45, 7) is 7.40. The number of ether oxygens (including phenoxy) is 1. The molecule has 3 rings (SSSR count). The number of carbonyl (C=O) groups excluding carboxylic acids is 1. The highest BCUT2D eigenvalue weighted by Gasteiger charge is 2.14. The molecule has 1 heterocycles. The lowest BCUT2D eigenvalue weighted by molar-refractivity contribution is 0.250. The fourth-order valence-electron chi connectivity index (χ4n) is 3.17. The monoisotopic (exact) mass is 382 g/mol. The van der Waals surface area contributed by atoms with Crippen molar-refractivity contribution in [1.82, 2.24) is 10.2 Å². The van der Waals surface area contributed by atoms with Crippen LogP contribution in [-0.4, -0.2) is 57.3 Å². The third-order valence-electron chi connectivity index (χ3n) is 4.95. The predicted molar refractivity (Wildman–Crippen MR) is 114 cm³/mol. The largest absolute Gasteiger partial charge is 0.493 e. The van der Waals surface area contributed by atoms with Crippen LogP contribution in [0.4, 0.5) is 16.2 Å². The molecule has 2 amide bonds. The minimum Gasteiger partial charge on any atom is -0.493 e. The van der Waals surface area contributed by atoms with E-state index in [1.807, 2.05) is 43.3 Å². The number of aryl methyl sites for hydroxylation is 1. The van der Waals surface area contributed by atoms with E-state index in [1.165, 1.54) is 5.69 Å². The van der Waals surface area contributed by atoms with Crippen molar-refractivity contribution in [2.24, 2.45) is 0 Å². The molecule has 0 atom stereocenters. The summed E-state index contributed by atoms with van der Waals surface area (Å²) in [4.78, 5) is 16.8. The first-order chi connectivity index (χ1) is 13.6. The third-order valence-corrected chi connectivity index (χ3v) is 4.95. The number of piperazine rings is 1. The number of likely N-dealkylation sites (N-methyl/N-ethyl adjacent to an activating group) is 1. The van der Waals surface area contributed by atoms with Crippen molar-refractivity contribution in [2.75, 3.05) is 56.6 Å². The Bertz CT molecular complexity index is 755. The Hall–Kier alpha value is -2.73. The molecular formula is C22H30N4O2. The van der Waals surface area contributed by atoms with Crippen LogP contribution >= 0.6 is 0 Å². The number of hydrogen-bond acceptors (Lipinski definition) is 4. The average molecular weight is 383 g/mol. The summed E-state index contributed by atoms with van der Waals surface area (Å²) in [6.07, 6.45) is 0.754. The normalized spacial score (nSPS) is 14.6. The molecule has 0 unspecified atom stereocenters. The molecule has 6 nitrogen and oxygen atoms in total. The molecule has 1 saturated heterocycles. The number of rotatable bonds is 7. The van der Waals surface area contributed by atoms with Crippen LogP contribution in [-0.2, 0) is 0 Å². The lowest BCUT2D eigenvalue weighted by Gasteiger charge is -2.34. The summed E-state index contributed by atoms with van der Waals surface area (Å²) in [5.74, 6) is 0.896. The van der Waals surface area contributed by atoms with Crippen LogP contribution in [0.15, 0.2) is 48.5 Å². The Kier molecular flexibility index (Phi) is 7.14. The summed E-state index contributed by atoms with van der Waals surface area (Å²) < 4.78 is 5.73. The Labute approximate surface area is 167 Å². The highest BCUT2D eigenvalue weighted by Crippen LogP contribution is 2.19. The quantitative estimate of drug-likeness (QED) is 0.721. The highest BCUT2D eigenvalue weighted by atomic mass is 16.5. The number of nitrogens with one attached hydrogen (secondary N) is 2. The predicted octanol–water partition coefficient (Wildman–Crippen LogP) is 3.34. The number of carbonyl (C=O) groups is 1. The van der Waals surface area contributed by atoms with E-state index in [0.717, 1.165) is 49.6 Å². The molecule has 150 valence electrons. The van der Waals surface area contributed by atoms with Gasteiger partial charge in [0.1, 0.15) is 5.75 Å². The first kappa shape index (κ1) is 20.0. The highest BCUT2D eigenvalue weighted by molar-refractivity contribution is 5.89. The minimum absolute atomic E-state index is 0.191. The molecule has 0 radical (unpaired) electrons. The maximum Gasteiger partial charge on any atom is 0.319 e. The molecule has 0 saturated carbocycles. The summed E-state index contributed by atoms with van der Waals surface area (Å²) >= 11 is 0. The van der Waals surface area contributed by atoms with Crippen LogP contribution in [0, 0.1) is 6.92 Å². The summed E-state index contributed by atoms with van der Waals surface area (Å²) in [6, 6.07) is 15.8. The zero-order valence-electron chi connectivity index (χ0n) is 16.8. The van der Waals surface area contributed by atoms with Gasteiger partial charge in [-0.05, 0) is 56.3 Å². The third kappa shape index (κ3) is 5.89. The molecule has 2 N–H and O–H groups in total. The van der Waals surface area contributed by atoms with Crippen molar-refractivity contribution in [3.05, 3.63) is 54.1 Å². The first-order valence-electron chi connectivity index (χ1n) is 9.88. The number of amides is 2. The van der Waals surface area contributed by atoms with Crippen LogP contribution in [0.3, 0.4) is 0 Å². The summed E-state index contributed by atoms with van der Waals surface area (Å²) in [5, 5.41) is 5.75. The number of urea groups is 1. The molecule has 1 fully saturated rings. The summed E-state index contributed by atoms with van der Waals surface area (Å²) in [5.41, 5.74) is 3.12. The lowest BCUT2D eigenvalue weighted by Crippen LogP contribution is -2.44. The van der Waals surface area contributed by atoms with Gasteiger partial charge in [0.2, 0.25) is 0 Å². The van der Waals surface area contributed by atoms with Crippen molar-refractivity contribution in [3.63, 3.8) is 0 Å². The standard InChI is InChI=1S/C22H30N4O2/c1-18-6-3-4-7-21(18)28-17-5-12-23-22(27)24-19-8-10-20(11-9-19)26-15-13-25(2)14-16-26/h3-4,6-11H,5,12-17H2,1-2H3,(H2,23,24,27). The number of benzene rings is 2. The zero-order valence-corrected chi connectivity index (χ0v) is 16.8. The lowest BCUT2D eigenvalue weighted by atomic mass is 10.2. The summed E-state index contributed by atoms with van der Waals surface area (Å²) in [7, 11) is 2.15. The van der Waals surface area contributed by atoms with E-state index < -0.39 is 0 Å².